The van der Waals surface area contributed by atoms with Gasteiger partial charge in [-0.25, -0.2) is 4.79 Å². The minimum Gasteiger partial charge on any atom is -0.323 e. The molecule has 1 aliphatic rings. The van der Waals surface area contributed by atoms with E-state index >= 15 is 0 Å². The Hall–Kier alpha value is -1.06. The molecular weight excluding hydrogens is 156 g/mol. The van der Waals surface area contributed by atoms with Crippen molar-refractivity contribution in [1.29, 1.82) is 0 Å². The average Bonchev–Trinajstić information content (AvgIpc) is 2.17. The Morgan fingerprint density at radius 2 is 1.92 bits per heavy atom. The monoisotopic (exact) mass is 170 g/mol. The number of hydrogen-bond acceptors (Lipinski definition) is 2. The van der Waals surface area contributed by atoms with Crippen LogP contribution in [0.15, 0.2) is 0 Å². The van der Waals surface area contributed by atoms with Crippen LogP contribution < -0.4 is 5.32 Å². The molecule has 1 rings (SSSR count). The molecule has 1 heterocycles. The van der Waals surface area contributed by atoms with E-state index in [-0.39, 0.29) is 17.9 Å². The lowest BCUT2D eigenvalue weighted by Gasteiger charge is -2.25. The second-order valence-corrected chi connectivity index (χ2v) is 3.65. The third kappa shape index (κ3) is 0.983. The van der Waals surface area contributed by atoms with Crippen LogP contribution in [0, 0.1) is 5.92 Å². The molecule has 1 N–H and O–H groups in total. The summed E-state index contributed by atoms with van der Waals surface area (Å²) >= 11 is 0. The highest BCUT2D eigenvalue weighted by Gasteiger charge is 2.47. The first-order chi connectivity index (χ1) is 5.39. The van der Waals surface area contributed by atoms with Crippen molar-refractivity contribution >= 4 is 11.9 Å². The van der Waals surface area contributed by atoms with Crippen LogP contribution in [0.1, 0.15) is 20.8 Å². The summed E-state index contributed by atoms with van der Waals surface area (Å²) in [7, 11) is 1.49. The van der Waals surface area contributed by atoms with Gasteiger partial charge in [0, 0.05) is 7.05 Å². The van der Waals surface area contributed by atoms with Crippen LogP contribution in [0.3, 0.4) is 0 Å². The summed E-state index contributed by atoms with van der Waals surface area (Å²) in [5, 5.41) is 2.67. The normalized spacial score (nSPS) is 29.9. The molecule has 0 aliphatic carbocycles. The van der Waals surface area contributed by atoms with Crippen LogP contribution in [0.2, 0.25) is 0 Å². The van der Waals surface area contributed by atoms with Crippen molar-refractivity contribution in [2.24, 2.45) is 5.92 Å². The van der Waals surface area contributed by atoms with Crippen molar-refractivity contribution in [3.05, 3.63) is 0 Å². The Labute approximate surface area is 71.9 Å². The lowest BCUT2D eigenvalue weighted by atomic mass is 9.89. The van der Waals surface area contributed by atoms with Gasteiger partial charge < -0.3 is 5.32 Å². The van der Waals surface area contributed by atoms with Gasteiger partial charge in [-0.05, 0) is 12.8 Å². The van der Waals surface area contributed by atoms with Crippen LogP contribution in [-0.4, -0.2) is 29.4 Å². The van der Waals surface area contributed by atoms with E-state index in [1.54, 1.807) is 6.92 Å². The van der Waals surface area contributed by atoms with Gasteiger partial charge >= 0.3 is 6.03 Å². The SMILES string of the molecule is CC(C)C1(C)NC(=O)N(C)C1=O. The van der Waals surface area contributed by atoms with E-state index in [1.807, 2.05) is 13.8 Å². The Balaban J connectivity index is 2.97. The molecule has 1 fully saturated rings. The van der Waals surface area contributed by atoms with Gasteiger partial charge in [0.2, 0.25) is 0 Å². The number of nitrogens with zero attached hydrogens (tertiary/aromatic N) is 1. The Morgan fingerprint density at radius 3 is 2.08 bits per heavy atom. The molecule has 1 saturated heterocycles. The molecule has 1 atom stereocenters. The summed E-state index contributed by atoms with van der Waals surface area (Å²) in [6, 6.07) is -0.309. The van der Waals surface area contributed by atoms with E-state index in [4.69, 9.17) is 0 Å². The van der Waals surface area contributed by atoms with Crippen molar-refractivity contribution in [2.45, 2.75) is 26.3 Å². The fraction of sp³-hybridized carbons (Fsp3) is 0.750. The second kappa shape index (κ2) is 2.47. The number of imide groups is 1. The first-order valence-corrected chi connectivity index (χ1v) is 4.00. The van der Waals surface area contributed by atoms with Crippen molar-refractivity contribution in [3.63, 3.8) is 0 Å². The number of carbonyl (C=O) groups is 2. The molecule has 0 radical (unpaired) electrons. The molecule has 1 aliphatic heterocycles. The summed E-state index contributed by atoms with van der Waals surface area (Å²) in [4.78, 5) is 23.7. The lowest BCUT2D eigenvalue weighted by molar-refractivity contribution is -0.131. The smallest absolute Gasteiger partial charge is 0.323 e. The quantitative estimate of drug-likeness (QED) is 0.585. The van der Waals surface area contributed by atoms with Gasteiger partial charge in [-0.3, -0.25) is 9.69 Å². The van der Waals surface area contributed by atoms with Crippen LogP contribution in [0.4, 0.5) is 4.79 Å². The van der Waals surface area contributed by atoms with Gasteiger partial charge in [-0.2, -0.15) is 0 Å². The minimum absolute atomic E-state index is 0.110. The fourth-order valence-electron chi connectivity index (χ4n) is 1.19. The average molecular weight is 170 g/mol. The van der Waals surface area contributed by atoms with Crippen molar-refractivity contribution in [2.75, 3.05) is 7.05 Å². The zero-order valence-electron chi connectivity index (χ0n) is 7.84. The molecule has 68 valence electrons. The molecule has 0 spiro atoms. The predicted molar refractivity (Wildman–Crippen MR) is 44.5 cm³/mol. The molecule has 0 aromatic heterocycles. The van der Waals surface area contributed by atoms with Gasteiger partial charge in [0.25, 0.3) is 5.91 Å². The highest BCUT2D eigenvalue weighted by Crippen LogP contribution is 2.23. The van der Waals surface area contributed by atoms with E-state index in [0.717, 1.165) is 4.90 Å². The lowest BCUT2D eigenvalue weighted by Crippen LogP contribution is -2.48. The molecule has 1 unspecified atom stereocenters. The molecule has 0 bridgehead atoms. The third-order valence-corrected chi connectivity index (χ3v) is 2.57. The Bertz CT molecular complexity index is 237. The maximum Gasteiger partial charge on any atom is 0.324 e. The van der Waals surface area contributed by atoms with Crippen molar-refractivity contribution in [3.8, 4) is 0 Å². The van der Waals surface area contributed by atoms with Gasteiger partial charge in [-0.15, -0.1) is 0 Å². The number of hydrogen-bond donors (Lipinski definition) is 1. The molecule has 0 aromatic carbocycles. The second-order valence-electron chi connectivity index (χ2n) is 3.65. The van der Waals surface area contributed by atoms with Gasteiger partial charge in [0.15, 0.2) is 0 Å². The maximum atomic E-state index is 11.5. The fourth-order valence-corrected chi connectivity index (χ4v) is 1.19. The topological polar surface area (TPSA) is 49.4 Å². The van der Waals surface area contributed by atoms with Crippen LogP contribution in [0.25, 0.3) is 0 Å². The molecule has 0 aromatic rings. The predicted octanol–water partition coefficient (Wildman–Crippen LogP) is 0.583. The first kappa shape index (κ1) is 9.03. The van der Waals surface area contributed by atoms with E-state index in [0.29, 0.717) is 0 Å². The molecular formula is C8H14N2O2. The zero-order valence-corrected chi connectivity index (χ0v) is 7.84. The Morgan fingerprint density at radius 1 is 1.42 bits per heavy atom. The molecule has 0 saturated carbocycles. The number of rotatable bonds is 1. The number of nitrogens with one attached hydrogen (secondary N) is 1. The van der Waals surface area contributed by atoms with Gasteiger partial charge in [0.1, 0.15) is 5.54 Å². The summed E-state index contributed by atoms with van der Waals surface area (Å²) in [5.41, 5.74) is -0.716. The number of carbonyl (C=O) groups excluding carboxylic acids is 2. The van der Waals surface area contributed by atoms with Crippen LogP contribution >= 0.6 is 0 Å². The van der Waals surface area contributed by atoms with Crippen LogP contribution in [0.5, 0.6) is 0 Å². The number of urea groups is 1. The number of likely N-dealkylation sites (N-methyl/N-ethyl adjacent to an activating group) is 1. The highest BCUT2D eigenvalue weighted by molar-refractivity contribution is 6.06. The van der Waals surface area contributed by atoms with E-state index < -0.39 is 5.54 Å². The van der Waals surface area contributed by atoms with Gasteiger partial charge in [-0.1, -0.05) is 13.8 Å². The standard InChI is InChI=1S/C8H14N2O2/c1-5(2)8(3)6(11)10(4)7(12)9-8/h5H,1-4H3,(H,9,12). The van der Waals surface area contributed by atoms with Crippen molar-refractivity contribution < 1.29 is 9.59 Å². The highest BCUT2D eigenvalue weighted by atomic mass is 16.2. The summed E-state index contributed by atoms with van der Waals surface area (Å²) in [6.45, 7) is 5.58. The first-order valence-electron chi connectivity index (χ1n) is 4.00. The van der Waals surface area contributed by atoms with Crippen LogP contribution in [-0.2, 0) is 4.79 Å². The number of amides is 3. The van der Waals surface area contributed by atoms with E-state index in [1.165, 1.54) is 7.05 Å². The van der Waals surface area contributed by atoms with E-state index in [9.17, 15) is 9.59 Å². The van der Waals surface area contributed by atoms with E-state index in [2.05, 4.69) is 5.32 Å². The maximum absolute atomic E-state index is 11.5. The molecule has 4 heteroatoms. The summed E-state index contributed by atoms with van der Waals surface area (Å²) in [5.74, 6) is -0.0404. The molecule has 4 nitrogen and oxygen atoms in total. The largest absolute Gasteiger partial charge is 0.324 e. The zero-order chi connectivity index (χ0) is 9.52. The summed E-state index contributed by atoms with van der Waals surface area (Å²) < 4.78 is 0. The van der Waals surface area contributed by atoms with Crippen molar-refractivity contribution in [1.82, 2.24) is 10.2 Å². The third-order valence-electron chi connectivity index (χ3n) is 2.57. The molecule has 12 heavy (non-hydrogen) atoms. The molecule has 3 amide bonds. The summed E-state index contributed by atoms with van der Waals surface area (Å²) in [6.07, 6.45) is 0. The minimum atomic E-state index is -0.716. The van der Waals surface area contributed by atoms with Gasteiger partial charge in [0.05, 0.1) is 0 Å². The Kier molecular flexibility index (Phi) is 1.86.